The predicted molar refractivity (Wildman–Crippen MR) is 410 cm³/mol. The summed E-state index contributed by atoms with van der Waals surface area (Å²) in [5, 5.41) is 59.6. The number of unbranched alkanes of at least 4 members (excludes halogenated alkanes) is 3. The molecule has 7 aromatic rings. The lowest BCUT2D eigenvalue weighted by atomic mass is 9.94. The summed E-state index contributed by atoms with van der Waals surface area (Å²) in [4.78, 5) is 27.0. The number of hydrogen-bond donors (Lipinski definition) is 6. The van der Waals surface area contributed by atoms with Gasteiger partial charge >= 0.3 is 0 Å². The van der Waals surface area contributed by atoms with Crippen molar-refractivity contribution in [2.45, 2.75) is 228 Å². The van der Waals surface area contributed by atoms with Crippen LogP contribution in [-0.2, 0) is 109 Å². The van der Waals surface area contributed by atoms with Gasteiger partial charge in [-0.3, -0.25) is 9.59 Å². The van der Waals surface area contributed by atoms with Crippen molar-refractivity contribution in [3.8, 4) is 0 Å². The van der Waals surface area contributed by atoms with Gasteiger partial charge in [0.25, 0.3) is 8.32 Å². The molecule has 4 fully saturated rings. The first kappa shape index (κ1) is 83.2. The summed E-state index contributed by atoms with van der Waals surface area (Å²) in [7, 11) is -3.46. The highest BCUT2D eigenvalue weighted by Gasteiger charge is 2.58. The van der Waals surface area contributed by atoms with Gasteiger partial charge in [-0.25, -0.2) is 0 Å². The van der Waals surface area contributed by atoms with Crippen LogP contribution >= 0.6 is 11.6 Å². The van der Waals surface area contributed by atoms with Crippen LogP contribution in [0.2, 0.25) is 5.04 Å². The van der Waals surface area contributed by atoms with Crippen LogP contribution in [0.1, 0.15) is 95.0 Å². The van der Waals surface area contributed by atoms with E-state index in [2.05, 4.69) is 31.4 Å². The van der Waals surface area contributed by atoms with Gasteiger partial charge in [0.1, 0.15) is 91.4 Å². The van der Waals surface area contributed by atoms with Crippen molar-refractivity contribution in [3.05, 3.63) is 240 Å². The number of carbonyl (C=O) groups is 2. The molecule has 0 radical (unpaired) electrons. The minimum Gasteiger partial charge on any atom is -0.405 e. The second-order valence-corrected chi connectivity index (χ2v) is 34.0. The molecule has 11 rings (SSSR count). The highest BCUT2D eigenvalue weighted by atomic mass is 35.5. The predicted octanol–water partition coefficient (Wildman–Crippen LogP) is 9.10. The first-order valence-corrected chi connectivity index (χ1v) is 40.3. The van der Waals surface area contributed by atoms with Crippen LogP contribution in [0, 0.1) is 0 Å². The minimum atomic E-state index is -3.46. The van der Waals surface area contributed by atoms with Gasteiger partial charge in [-0.1, -0.05) is 246 Å². The van der Waals surface area contributed by atoms with E-state index in [1.165, 1.54) is 13.8 Å². The van der Waals surface area contributed by atoms with Crippen LogP contribution in [-0.4, -0.2) is 196 Å². The van der Waals surface area contributed by atoms with Gasteiger partial charge in [-0.15, -0.1) is 11.6 Å². The highest BCUT2D eigenvalue weighted by molar-refractivity contribution is 6.99. The Morgan fingerprint density at radius 1 is 0.404 bits per heavy atom. The smallest absolute Gasteiger partial charge is 0.261 e. The average Bonchev–Trinajstić information content (AvgIpc) is 0.747. The minimum absolute atomic E-state index is 0.0816. The third-order valence-electron chi connectivity index (χ3n) is 20.2. The summed E-state index contributed by atoms with van der Waals surface area (Å²) < 4.78 is 96.0. The van der Waals surface area contributed by atoms with Crippen molar-refractivity contribution >= 4 is 42.1 Å². The number of benzene rings is 7. The van der Waals surface area contributed by atoms with E-state index in [4.69, 9.17) is 77.6 Å². The summed E-state index contributed by atoms with van der Waals surface area (Å²) >= 11 is 6.00. The Balaban J connectivity index is 0.958. The van der Waals surface area contributed by atoms with Crippen molar-refractivity contribution in [2.75, 3.05) is 32.3 Å². The van der Waals surface area contributed by atoms with Gasteiger partial charge in [-0.2, -0.15) is 0 Å². The zero-order chi connectivity index (χ0) is 76.7. The topological polar surface area (TPSA) is 268 Å². The van der Waals surface area contributed by atoms with Crippen molar-refractivity contribution in [1.29, 1.82) is 0 Å². The number of aliphatic hydroxyl groups excluding tert-OH is 4. The lowest BCUT2D eigenvalue weighted by Gasteiger charge is -2.51. The van der Waals surface area contributed by atoms with Gasteiger partial charge in [0.05, 0.1) is 59.0 Å². The molecular weight excluding hydrogens is 1430 g/mol. The summed E-state index contributed by atoms with van der Waals surface area (Å²) in [6.45, 7) is 10.8. The molecular formula is C85H107ClN2O20Si. The first-order chi connectivity index (χ1) is 52.9. The molecule has 2 amide bonds. The zero-order valence-electron chi connectivity index (χ0n) is 62.9. The van der Waals surface area contributed by atoms with E-state index in [0.717, 1.165) is 57.5 Å². The number of aliphatic hydroxyl groups is 4. The Bertz CT molecular complexity index is 3740. The maximum Gasteiger partial charge on any atom is 0.261 e. The SMILES string of the molecule is CC(=O)N[C@H]1[C@H](OCCCCCCCl)O[C@H](COCc2ccccc2)[C@@H](O[C@@H]2O[C@H](CO[Si](c3ccccc3)(c3ccccc3)C(C)(C)C)[C@H](O)[C@H](O[C@@H]3O[C@H](COCc4ccccc4)[C@@H](O[C@@H]4O[C@@H](C)[C@@H](OCc5ccccc5)[C@@H](OCc5ccccc5)[C@@H]4OCc4ccccc4)[C@H](O)[C@H]3NC(C)=O)[C@H]2O)[C@@H]1O. The number of ether oxygens (including phenoxy) is 13. The molecule has 109 heavy (non-hydrogen) atoms. The van der Waals surface area contributed by atoms with E-state index in [1.807, 2.05) is 219 Å². The molecule has 22 nitrogen and oxygen atoms in total. The molecule has 4 saturated heterocycles. The van der Waals surface area contributed by atoms with E-state index in [-0.39, 0.29) is 59.5 Å². The Morgan fingerprint density at radius 2 is 0.789 bits per heavy atom. The van der Waals surface area contributed by atoms with E-state index in [1.54, 1.807) is 0 Å². The fourth-order valence-electron chi connectivity index (χ4n) is 14.7. The van der Waals surface area contributed by atoms with Gasteiger partial charge in [0.2, 0.25) is 11.8 Å². The van der Waals surface area contributed by atoms with Crippen LogP contribution in [0.25, 0.3) is 0 Å². The number of hydrogen-bond acceptors (Lipinski definition) is 20. The van der Waals surface area contributed by atoms with Crippen LogP contribution in [0.3, 0.4) is 0 Å². The average molecular weight is 1540 g/mol. The van der Waals surface area contributed by atoms with Crippen LogP contribution in [0.5, 0.6) is 0 Å². The lowest BCUT2D eigenvalue weighted by molar-refractivity contribution is -0.380. The summed E-state index contributed by atoms with van der Waals surface area (Å²) in [6, 6.07) is 65.0. The molecule has 4 heterocycles. The second-order valence-electron chi connectivity index (χ2n) is 29.3. The van der Waals surface area contributed by atoms with E-state index < -0.39 is 148 Å². The normalized spacial score (nSPS) is 28.8. The summed E-state index contributed by atoms with van der Waals surface area (Å²) in [5.41, 5.74) is 4.32. The van der Waals surface area contributed by atoms with E-state index in [0.29, 0.717) is 12.3 Å². The largest absolute Gasteiger partial charge is 0.405 e. The van der Waals surface area contributed by atoms with Gasteiger partial charge in [0.15, 0.2) is 25.2 Å². The maximum atomic E-state index is 13.8. The molecule has 0 bridgehead atoms. The standard InChI is InChI=1S/C85H107ClN2O20Si/c1-56-75(98-50-61-36-20-11-21-37-61)79(99-51-62-38-22-12-23-39-62)80(100-52-63-40-24-13-25-41-63)84(102-56)107-77-68(54-96-49-60-34-18-10-19-35-60)105-82(70(73(77)93)88-58(3)90)108-78-71(91)66(55-101-109(85(4,5)6,64-42-26-14-27-43-64)65-44-28-15-29-45-65)103-83(74(78)94)106-76-67(53-95-48-59-32-16-9-17-33-59)104-81(69(72(76)92)87-57(2)89)97-47-31-8-7-30-46-86/h9-29,32-45,56,66-84,91-94H,7-8,30-31,46-55H2,1-6H3,(H,87,89)(H,88,90)/t56-,66+,67+,68+,69+,70+,71-,72+,73+,74+,75+,76+,77+,78-,79+,80-,81+,82-,83-,84-/m0/s1. The number of amides is 2. The zero-order valence-corrected chi connectivity index (χ0v) is 64.6. The van der Waals surface area contributed by atoms with E-state index in [9.17, 15) is 30.0 Å². The fraction of sp³-hybridized carbons (Fsp3) is 0.482. The van der Waals surface area contributed by atoms with Gasteiger partial charge < -0.3 is 97.1 Å². The van der Waals surface area contributed by atoms with E-state index >= 15 is 0 Å². The molecule has 0 unspecified atom stereocenters. The molecule has 0 aromatic heterocycles. The molecule has 24 heteroatoms. The number of nitrogens with one attached hydrogen (secondary N) is 2. The molecule has 7 aromatic carbocycles. The molecule has 20 atom stereocenters. The first-order valence-electron chi connectivity index (χ1n) is 37.9. The second kappa shape index (κ2) is 41.2. The number of halogens is 1. The van der Waals surface area contributed by atoms with Gasteiger partial charge in [-0.05, 0) is 63.0 Å². The number of rotatable bonds is 37. The molecule has 4 aliphatic heterocycles. The van der Waals surface area contributed by atoms with Crippen LogP contribution in [0.4, 0.5) is 0 Å². The molecule has 0 spiro atoms. The Labute approximate surface area is 645 Å². The highest BCUT2D eigenvalue weighted by Crippen LogP contribution is 2.41. The quantitative estimate of drug-likeness (QED) is 0.0120. The lowest BCUT2D eigenvalue weighted by Crippen LogP contribution is -2.71. The monoisotopic (exact) mass is 1540 g/mol. The van der Waals surface area contributed by atoms with Crippen molar-refractivity contribution in [1.82, 2.24) is 10.6 Å². The Hall–Kier alpha value is -6.73. The molecule has 6 N–H and O–H groups in total. The summed E-state index contributed by atoms with van der Waals surface area (Å²) in [5.74, 6) is -0.589. The van der Waals surface area contributed by atoms with Gasteiger partial charge in [0, 0.05) is 26.3 Å². The number of alkyl halides is 1. The van der Waals surface area contributed by atoms with Crippen molar-refractivity contribution in [2.24, 2.45) is 0 Å². The third kappa shape index (κ3) is 22.4. The summed E-state index contributed by atoms with van der Waals surface area (Å²) in [6.07, 6.45) is -22.0. The molecule has 0 aliphatic carbocycles. The molecule has 588 valence electrons. The third-order valence-corrected chi connectivity index (χ3v) is 25.4. The molecule has 0 saturated carbocycles. The fourth-order valence-corrected chi connectivity index (χ4v) is 19.4. The number of carbonyl (C=O) groups excluding carboxylic acids is 2. The van der Waals surface area contributed by atoms with Crippen molar-refractivity contribution in [3.63, 3.8) is 0 Å². The van der Waals surface area contributed by atoms with Crippen LogP contribution in [0.15, 0.2) is 212 Å². The Kier molecular flexibility index (Phi) is 31.4. The molecule has 4 aliphatic rings. The van der Waals surface area contributed by atoms with Crippen molar-refractivity contribution < 1.29 is 96.0 Å². The maximum absolute atomic E-state index is 13.8. The van der Waals surface area contributed by atoms with Crippen LogP contribution < -0.4 is 21.0 Å². The Morgan fingerprint density at radius 3 is 1.24 bits per heavy atom.